The molecular formula is C42H27BN4. The first-order valence-corrected chi connectivity index (χ1v) is 15.6. The molecule has 4 nitrogen and oxygen atoms in total. The van der Waals surface area contributed by atoms with E-state index in [2.05, 4.69) is 17.9 Å². The first-order valence-electron chi connectivity index (χ1n) is 21.1. The fraction of sp³-hybridized carbons (Fsp3) is 0.0476. The van der Waals surface area contributed by atoms with Gasteiger partial charge >= 0.3 is 0 Å². The molecule has 47 heavy (non-hydrogen) atoms. The molecule has 6 heterocycles. The molecule has 0 fully saturated rings. The third-order valence-electron chi connectivity index (χ3n) is 10.4. The Bertz CT molecular complexity index is 3340. The zero-order valence-corrected chi connectivity index (χ0v) is 24.6. The molecule has 0 spiro atoms. The van der Waals surface area contributed by atoms with Crippen LogP contribution in [-0.4, -0.2) is 24.6 Å². The second-order valence-corrected chi connectivity index (χ2v) is 12.6. The van der Waals surface area contributed by atoms with Crippen LogP contribution in [0.2, 0.25) is 0 Å². The summed E-state index contributed by atoms with van der Waals surface area (Å²) in [6.07, 6.45) is 0. The van der Waals surface area contributed by atoms with Crippen molar-refractivity contribution in [2.75, 3.05) is 0 Å². The Morgan fingerprint density at radius 2 is 1.02 bits per heavy atom. The minimum Gasteiger partial charge on any atom is -0.295 e. The average Bonchev–Trinajstić information content (AvgIpc) is 3.92. The molecule has 0 saturated heterocycles. The van der Waals surface area contributed by atoms with Gasteiger partial charge in [0.05, 0.1) is 40.0 Å². The first kappa shape index (κ1) is 16.6. The van der Waals surface area contributed by atoms with Crippen molar-refractivity contribution in [3.05, 3.63) is 138 Å². The number of imidazole rings is 2. The minimum atomic E-state index is -2.36. The number of aryl methyl sites for hydroxylation is 2. The summed E-state index contributed by atoms with van der Waals surface area (Å²) in [5, 5.41) is 1.74. The Balaban J connectivity index is 1.36. The van der Waals surface area contributed by atoms with Crippen molar-refractivity contribution >= 4 is 78.3 Å². The van der Waals surface area contributed by atoms with Gasteiger partial charge in [0.2, 0.25) is 0 Å². The molecule has 0 radical (unpaired) electrons. The summed E-state index contributed by atoms with van der Waals surface area (Å²) in [5.74, 6) is 0. The summed E-state index contributed by atoms with van der Waals surface area (Å²) in [5.41, 5.74) is 11.7. The van der Waals surface area contributed by atoms with Crippen LogP contribution in [0.1, 0.15) is 26.2 Å². The van der Waals surface area contributed by atoms with E-state index in [0.717, 1.165) is 82.9 Å². The van der Waals surface area contributed by atoms with E-state index >= 15 is 0 Å². The maximum atomic E-state index is 9.06. The number of hydrogen-bond donors (Lipinski definition) is 0. The molecule has 0 N–H and O–H groups in total. The van der Waals surface area contributed by atoms with E-state index in [1.807, 2.05) is 72.8 Å². The van der Waals surface area contributed by atoms with Gasteiger partial charge in [0.15, 0.2) is 0 Å². The van der Waals surface area contributed by atoms with Gasteiger partial charge in [-0.15, -0.1) is 0 Å². The Kier molecular flexibility index (Phi) is 2.84. The number of aromatic nitrogens is 4. The van der Waals surface area contributed by atoms with Crippen molar-refractivity contribution in [1.82, 2.24) is 17.9 Å². The molecule has 2 aliphatic rings. The predicted octanol–water partition coefficient (Wildman–Crippen LogP) is 7.81. The van der Waals surface area contributed by atoms with Crippen molar-refractivity contribution in [1.29, 1.82) is 0 Å². The minimum absolute atomic E-state index is 0.0730. The predicted molar refractivity (Wildman–Crippen MR) is 197 cm³/mol. The standard InChI is InChI=1S/C42H27BN4/c1-24-16-18-28-34(20-24)44-30-12-6-8-14-32(30)46-36-22-27(26-10-4-3-5-11-26)23-37-40(36)43(38(28)41(44)46)39-29-19-17-25(2)21-35(29)45-31-13-7-9-15-33(31)47(37)42(39)45/h3-23H,1-2H3/i1D3,2D3,3D,4D,5D,10D,11D. The van der Waals surface area contributed by atoms with Crippen LogP contribution in [0, 0.1) is 13.7 Å². The van der Waals surface area contributed by atoms with Gasteiger partial charge in [-0.3, -0.25) is 17.9 Å². The summed E-state index contributed by atoms with van der Waals surface area (Å²) in [6.45, 7) is -5.17. The van der Waals surface area contributed by atoms with Gasteiger partial charge in [-0.25, -0.2) is 0 Å². The Labute approximate surface area is 285 Å². The van der Waals surface area contributed by atoms with Gasteiger partial charge < -0.3 is 0 Å². The van der Waals surface area contributed by atoms with E-state index in [-0.39, 0.29) is 28.8 Å². The van der Waals surface area contributed by atoms with Crippen LogP contribution < -0.4 is 16.4 Å². The van der Waals surface area contributed by atoms with E-state index in [0.29, 0.717) is 5.56 Å². The molecule has 0 aliphatic carbocycles. The number of hydrogen-bond acceptors (Lipinski definition) is 0. The smallest absolute Gasteiger partial charge is 0.258 e. The highest BCUT2D eigenvalue weighted by atomic mass is 15.2. The van der Waals surface area contributed by atoms with Crippen LogP contribution in [0.4, 0.5) is 0 Å². The van der Waals surface area contributed by atoms with Gasteiger partial charge in [0, 0.05) is 19.6 Å². The van der Waals surface area contributed by atoms with Gasteiger partial charge in [-0.05, 0) is 112 Å². The molecule has 0 unspecified atom stereocenters. The van der Waals surface area contributed by atoms with E-state index in [1.54, 1.807) is 24.3 Å². The molecule has 218 valence electrons. The van der Waals surface area contributed by atoms with E-state index in [1.165, 1.54) is 0 Å². The van der Waals surface area contributed by atoms with Crippen LogP contribution in [-0.2, 0) is 0 Å². The second kappa shape index (κ2) is 8.07. The maximum absolute atomic E-state index is 9.06. The summed E-state index contributed by atoms with van der Waals surface area (Å²) in [4.78, 5) is 0. The Morgan fingerprint density at radius 3 is 1.53 bits per heavy atom. The summed E-state index contributed by atoms with van der Waals surface area (Å²) in [6, 6.07) is 28.3. The quantitative estimate of drug-likeness (QED) is 0.169. The topological polar surface area (TPSA) is 18.7 Å². The number of rotatable bonds is 1. The van der Waals surface area contributed by atoms with Crippen molar-refractivity contribution < 1.29 is 15.1 Å². The lowest BCUT2D eigenvalue weighted by molar-refractivity contribution is 1.12. The zero-order chi connectivity index (χ0) is 40.1. The zero-order valence-electron chi connectivity index (χ0n) is 35.6. The number of fused-ring (bicyclic) bond motifs is 16. The Morgan fingerprint density at radius 1 is 0.511 bits per heavy atom. The van der Waals surface area contributed by atoms with Crippen molar-refractivity contribution in [3.63, 3.8) is 0 Å². The number of nitrogens with zero attached hydrogens (tertiary/aromatic N) is 4. The second-order valence-electron chi connectivity index (χ2n) is 12.6. The van der Waals surface area contributed by atoms with E-state index in [4.69, 9.17) is 15.1 Å². The normalized spacial score (nSPS) is 17.2. The first-order chi connectivity index (χ1) is 27.7. The van der Waals surface area contributed by atoms with Crippen molar-refractivity contribution in [2.24, 2.45) is 0 Å². The van der Waals surface area contributed by atoms with Crippen LogP contribution in [0.15, 0.2) is 127 Å². The van der Waals surface area contributed by atoms with Crippen LogP contribution in [0.5, 0.6) is 0 Å². The molecule has 5 heteroatoms. The molecule has 10 aromatic rings. The van der Waals surface area contributed by atoms with Gasteiger partial charge in [-0.2, -0.15) is 0 Å². The monoisotopic (exact) mass is 609 g/mol. The fourth-order valence-electron chi connectivity index (χ4n) is 8.76. The van der Waals surface area contributed by atoms with Crippen LogP contribution in [0.25, 0.3) is 77.7 Å². The lowest BCUT2D eigenvalue weighted by Crippen LogP contribution is -2.59. The highest BCUT2D eigenvalue weighted by molar-refractivity contribution is 7.02. The maximum Gasteiger partial charge on any atom is 0.258 e. The molecule has 4 aromatic heterocycles. The number of para-hydroxylation sites is 4. The van der Waals surface area contributed by atoms with E-state index in [9.17, 15) is 0 Å². The van der Waals surface area contributed by atoms with Crippen LogP contribution in [0.3, 0.4) is 0 Å². The molecule has 6 aromatic carbocycles. The SMILES string of the molecule is [2H]c1c([2H])c([2H])c(-c2cc3c4c(c2)-n2c5ccccc5n5c6cc(C([2H])([2H])[2H])ccc6c(c25)B4c2c4ccc(C([2H])([2H])[2H])cc4n4c5ccccc5n-3c24)c([2H])c1[2H]. The molecule has 0 amide bonds. The molecule has 12 rings (SSSR count). The third kappa shape index (κ3) is 2.72. The summed E-state index contributed by atoms with van der Waals surface area (Å²) in [7, 11) is 0. The molecule has 0 atom stereocenters. The highest BCUT2D eigenvalue weighted by Crippen LogP contribution is 2.41. The van der Waals surface area contributed by atoms with Gasteiger partial charge in [0.25, 0.3) is 6.71 Å². The molecule has 2 aliphatic heterocycles. The van der Waals surface area contributed by atoms with Crippen molar-refractivity contribution in [2.45, 2.75) is 13.7 Å². The summed E-state index contributed by atoms with van der Waals surface area (Å²) >= 11 is 0. The van der Waals surface area contributed by atoms with E-state index < -0.39 is 38.5 Å². The molecule has 0 bridgehead atoms. The number of benzene rings is 6. The van der Waals surface area contributed by atoms with Gasteiger partial charge in [0.1, 0.15) is 11.3 Å². The lowest BCUT2D eigenvalue weighted by Gasteiger charge is -2.32. The lowest BCUT2D eigenvalue weighted by atomic mass is 9.34. The van der Waals surface area contributed by atoms with Crippen LogP contribution >= 0.6 is 0 Å². The Hall–Kier alpha value is -5.94. The largest absolute Gasteiger partial charge is 0.295 e. The third-order valence-corrected chi connectivity index (χ3v) is 10.4. The fourth-order valence-corrected chi connectivity index (χ4v) is 8.76. The average molecular weight is 610 g/mol. The van der Waals surface area contributed by atoms with Gasteiger partial charge in [-0.1, -0.05) is 78.7 Å². The summed E-state index contributed by atoms with van der Waals surface area (Å²) < 4.78 is 102. The molecular weight excluding hydrogens is 571 g/mol. The highest BCUT2D eigenvalue weighted by Gasteiger charge is 2.45. The van der Waals surface area contributed by atoms with Crippen molar-refractivity contribution in [3.8, 4) is 22.5 Å². The molecule has 0 saturated carbocycles.